The maximum absolute atomic E-state index is 12.8. The number of hydrogen-bond acceptors (Lipinski definition) is 6. The highest BCUT2D eigenvalue weighted by atomic mass is 32.2. The predicted octanol–water partition coefficient (Wildman–Crippen LogP) is 4.38. The molecule has 1 unspecified atom stereocenters. The normalized spacial score (nSPS) is 19.2. The molecule has 0 aliphatic carbocycles. The van der Waals surface area contributed by atoms with Gasteiger partial charge in [0.1, 0.15) is 17.4 Å². The van der Waals surface area contributed by atoms with E-state index in [1.54, 1.807) is 20.8 Å². The molecular formula is C17H30F3NO6SSi. The second kappa shape index (κ2) is 8.10. The first-order valence-corrected chi connectivity index (χ1v) is 13.3. The van der Waals surface area contributed by atoms with E-state index in [1.165, 1.54) is 0 Å². The summed E-state index contributed by atoms with van der Waals surface area (Å²) in [4.78, 5) is 13.6. The molecule has 7 nitrogen and oxygen atoms in total. The number of nitrogens with zero attached hydrogens (tertiary/aromatic N) is 1. The largest absolute Gasteiger partial charge is 0.534 e. The highest BCUT2D eigenvalue weighted by Crippen LogP contribution is 2.38. The summed E-state index contributed by atoms with van der Waals surface area (Å²) in [5, 5.41) is -0.203. The number of ether oxygens (including phenoxy) is 1. The van der Waals surface area contributed by atoms with Crippen LogP contribution in [-0.2, 0) is 23.5 Å². The van der Waals surface area contributed by atoms with Gasteiger partial charge in [0.05, 0.1) is 6.61 Å². The molecule has 12 heteroatoms. The van der Waals surface area contributed by atoms with Gasteiger partial charge in [0.25, 0.3) is 0 Å². The van der Waals surface area contributed by atoms with E-state index in [4.69, 9.17) is 9.16 Å². The third-order valence-corrected chi connectivity index (χ3v) is 10.2. The standard InChI is InChI=1S/C17H30F3NO6SSi/c1-15(2,3)26-14(22)21-10-9-13(27-28(23,24)17(18,19)20)12(21)11-25-29(7,8)16(4,5)6/h9,12H,10-11H2,1-8H3. The molecule has 1 aliphatic rings. The van der Waals surface area contributed by atoms with Gasteiger partial charge in [-0.1, -0.05) is 20.8 Å². The zero-order valence-corrected chi connectivity index (χ0v) is 19.8. The van der Waals surface area contributed by atoms with Gasteiger partial charge in [0, 0.05) is 6.54 Å². The van der Waals surface area contributed by atoms with Crippen LogP contribution in [-0.4, -0.2) is 58.0 Å². The van der Waals surface area contributed by atoms with E-state index >= 15 is 0 Å². The lowest BCUT2D eigenvalue weighted by Crippen LogP contribution is -2.48. The number of rotatable bonds is 5. The molecule has 0 fully saturated rings. The Kier molecular flexibility index (Phi) is 7.20. The number of halogens is 3. The second-order valence-corrected chi connectivity index (χ2v) is 15.7. The van der Waals surface area contributed by atoms with Gasteiger partial charge < -0.3 is 13.3 Å². The van der Waals surface area contributed by atoms with Crippen molar-refractivity contribution < 1.29 is 39.7 Å². The minimum absolute atomic E-state index is 0.164. The summed E-state index contributed by atoms with van der Waals surface area (Å²) in [5.74, 6) is -0.508. The summed E-state index contributed by atoms with van der Waals surface area (Å²) in [5.41, 5.74) is -6.43. The minimum atomic E-state index is -5.87. The molecule has 0 saturated heterocycles. The highest BCUT2D eigenvalue weighted by molar-refractivity contribution is 7.87. The molecule has 1 amide bonds. The maximum Gasteiger partial charge on any atom is 0.534 e. The Labute approximate surface area is 171 Å². The average molecular weight is 462 g/mol. The van der Waals surface area contributed by atoms with Crippen molar-refractivity contribution in [1.82, 2.24) is 4.90 Å². The fourth-order valence-electron chi connectivity index (χ4n) is 2.07. The lowest BCUT2D eigenvalue weighted by Gasteiger charge is -2.38. The molecule has 0 spiro atoms. The van der Waals surface area contributed by atoms with Gasteiger partial charge in [-0.2, -0.15) is 21.6 Å². The lowest BCUT2D eigenvalue weighted by molar-refractivity contribution is -0.0528. The number of hydrogen-bond donors (Lipinski definition) is 0. The Morgan fingerprint density at radius 1 is 1.17 bits per heavy atom. The maximum atomic E-state index is 12.8. The monoisotopic (exact) mass is 461 g/mol. The van der Waals surface area contributed by atoms with E-state index in [2.05, 4.69) is 4.18 Å². The van der Waals surface area contributed by atoms with Crippen LogP contribution in [0, 0.1) is 0 Å². The van der Waals surface area contributed by atoms with Crippen LogP contribution >= 0.6 is 0 Å². The molecular weight excluding hydrogens is 431 g/mol. The summed E-state index contributed by atoms with van der Waals surface area (Å²) >= 11 is 0. The smallest absolute Gasteiger partial charge is 0.444 e. The van der Waals surface area contributed by atoms with Crippen molar-refractivity contribution in [2.24, 2.45) is 0 Å². The SMILES string of the molecule is CC(C)(C)OC(=O)N1CC=C(OS(=O)(=O)C(F)(F)F)C1CO[Si](C)(C)C(C)(C)C. The van der Waals surface area contributed by atoms with Crippen LogP contribution in [0.5, 0.6) is 0 Å². The summed E-state index contributed by atoms with van der Waals surface area (Å²) in [6, 6.07) is -1.16. The van der Waals surface area contributed by atoms with E-state index in [1.807, 2.05) is 33.9 Å². The number of alkyl halides is 3. The molecule has 29 heavy (non-hydrogen) atoms. The number of carbonyl (C=O) groups excluding carboxylic acids is 1. The fourth-order valence-corrected chi connectivity index (χ4v) is 3.60. The third-order valence-electron chi connectivity index (χ3n) is 4.72. The van der Waals surface area contributed by atoms with Gasteiger partial charge >= 0.3 is 21.7 Å². The molecule has 0 aromatic rings. The summed E-state index contributed by atoms with van der Waals surface area (Å²) in [6.07, 6.45) is 0.313. The van der Waals surface area contributed by atoms with Gasteiger partial charge in [-0.3, -0.25) is 4.90 Å². The van der Waals surface area contributed by atoms with E-state index in [0.717, 1.165) is 11.0 Å². The van der Waals surface area contributed by atoms with Crippen LogP contribution in [0.3, 0.4) is 0 Å². The molecule has 0 aromatic heterocycles. The molecule has 1 aliphatic heterocycles. The van der Waals surface area contributed by atoms with Gasteiger partial charge in [-0.15, -0.1) is 0 Å². The molecule has 1 atom stereocenters. The van der Waals surface area contributed by atoms with Crippen LogP contribution in [0.1, 0.15) is 41.5 Å². The predicted molar refractivity (Wildman–Crippen MR) is 104 cm³/mol. The Morgan fingerprint density at radius 3 is 2.10 bits per heavy atom. The van der Waals surface area contributed by atoms with Gasteiger partial charge in [0.2, 0.25) is 0 Å². The van der Waals surface area contributed by atoms with Crippen molar-refractivity contribution in [2.75, 3.05) is 13.2 Å². The molecule has 0 saturated carbocycles. The first kappa shape index (κ1) is 25.8. The Morgan fingerprint density at radius 2 is 1.69 bits per heavy atom. The zero-order chi connectivity index (χ0) is 23.1. The first-order chi connectivity index (χ1) is 12.7. The van der Waals surface area contributed by atoms with Crippen molar-refractivity contribution in [2.45, 2.75) is 76.8 Å². The van der Waals surface area contributed by atoms with E-state index < -0.39 is 47.4 Å². The summed E-state index contributed by atoms with van der Waals surface area (Å²) < 4.78 is 76.8. The van der Waals surface area contributed by atoms with Gasteiger partial charge in [-0.25, -0.2) is 4.79 Å². The van der Waals surface area contributed by atoms with Gasteiger partial charge in [0.15, 0.2) is 8.32 Å². The Bertz CT molecular complexity index is 751. The minimum Gasteiger partial charge on any atom is -0.444 e. The van der Waals surface area contributed by atoms with E-state index in [9.17, 15) is 26.4 Å². The van der Waals surface area contributed by atoms with Crippen LogP contribution in [0.2, 0.25) is 18.1 Å². The van der Waals surface area contributed by atoms with Crippen molar-refractivity contribution in [3.8, 4) is 0 Å². The van der Waals surface area contributed by atoms with Crippen LogP contribution in [0.15, 0.2) is 11.8 Å². The molecule has 0 bridgehead atoms. The van der Waals surface area contributed by atoms with Crippen LogP contribution in [0.25, 0.3) is 0 Å². The van der Waals surface area contributed by atoms with Crippen molar-refractivity contribution >= 4 is 24.5 Å². The average Bonchev–Trinajstić information content (AvgIpc) is 2.83. The molecule has 0 radical (unpaired) electrons. The highest BCUT2D eigenvalue weighted by Gasteiger charge is 2.51. The second-order valence-electron chi connectivity index (χ2n) is 9.31. The topological polar surface area (TPSA) is 82.1 Å². The van der Waals surface area contributed by atoms with Crippen molar-refractivity contribution in [1.29, 1.82) is 0 Å². The Hall–Kier alpha value is -1.27. The fraction of sp³-hybridized carbons (Fsp3) is 0.824. The quantitative estimate of drug-likeness (QED) is 0.343. The molecule has 1 rings (SSSR count). The van der Waals surface area contributed by atoms with Crippen LogP contribution < -0.4 is 0 Å². The molecule has 170 valence electrons. The third kappa shape index (κ3) is 6.61. The van der Waals surface area contributed by atoms with Crippen molar-refractivity contribution in [3.05, 3.63) is 11.8 Å². The Balaban J connectivity index is 3.14. The van der Waals surface area contributed by atoms with Gasteiger partial charge in [-0.05, 0) is 45.0 Å². The number of amides is 1. The lowest BCUT2D eigenvalue weighted by atomic mass is 10.2. The molecule has 0 aromatic carbocycles. The number of carbonyl (C=O) groups is 1. The molecule has 1 heterocycles. The van der Waals surface area contributed by atoms with Crippen LogP contribution in [0.4, 0.5) is 18.0 Å². The zero-order valence-electron chi connectivity index (χ0n) is 18.0. The summed E-state index contributed by atoms with van der Waals surface area (Å²) in [6.45, 7) is 14.3. The summed E-state index contributed by atoms with van der Waals surface area (Å²) in [7, 11) is -8.21. The van der Waals surface area contributed by atoms with E-state index in [0.29, 0.717) is 0 Å². The van der Waals surface area contributed by atoms with Crippen molar-refractivity contribution in [3.63, 3.8) is 0 Å². The van der Waals surface area contributed by atoms with E-state index in [-0.39, 0.29) is 18.2 Å². The first-order valence-electron chi connectivity index (χ1n) is 9.02. The molecule has 0 N–H and O–H groups in total.